The number of H-pyrrole nitrogens is 1. The van der Waals surface area contributed by atoms with Gasteiger partial charge in [0, 0.05) is 42.1 Å². The van der Waals surface area contributed by atoms with Gasteiger partial charge >= 0.3 is 0 Å². The van der Waals surface area contributed by atoms with Crippen LogP contribution >= 0.6 is 0 Å². The molecule has 29 heavy (non-hydrogen) atoms. The molecular formula is C25H31N3O. The lowest BCUT2D eigenvalue weighted by Gasteiger charge is -2.32. The number of anilines is 2. The first kappa shape index (κ1) is 19.6. The van der Waals surface area contributed by atoms with Crippen molar-refractivity contribution < 1.29 is 0 Å². The maximum Gasteiger partial charge on any atom is 0.253 e. The van der Waals surface area contributed by atoms with E-state index in [9.17, 15) is 4.79 Å². The van der Waals surface area contributed by atoms with Crippen LogP contribution in [0.2, 0.25) is 0 Å². The van der Waals surface area contributed by atoms with Crippen molar-refractivity contribution in [1.29, 1.82) is 0 Å². The van der Waals surface area contributed by atoms with Crippen molar-refractivity contribution in [2.75, 3.05) is 23.3 Å². The maximum atomic E-state index is 12.5. The second-order valence-electron chi connectivity index (χ2n) is 8.70. The van der Waals surface area contributed by atoms with E-state index in [4.69, 9.17) is 0 Å². The Kier molecular flexibility index (Phi) is 5.61. The summed E-state index contributed by atoms with van der Waals surface area (Å²) in [5, 5.41) is 4.49. The molecule has 2 aromatic carbocycles. The molecule has 0 amide bonds. The predicted octanol–water partition coefficient (Wildman–Crippen LogP) is 5.50. The Morgan fingerprint density at radius 2 is 1.79 bits per heavy atom. The Hall–Kier alpha value is -2.75. The number of rotatable bonds is 5. The van der Waals surface area contributed by atoms with Gasteiger partial charge in [0.05, 0.1) is 0 Å². The van der Waals surface area contributed by atoms with E-state index in [1.54, 1.807) is 0 Å². The van der Waals surface area contributed by atoms with Gasteiger partial charge in [0.25, 0.3) is 5.56 Å². The minimum atomic E-state index is -0.0265. The molecule has 4 nitrogen and oxygen atoms in total. The Bertz CT molecular complexity index is 1030. The zero-order chi connectivity index (χ0) is 20.4. The highest BCUT2D eigenvalue weighted by molar-refractivity contribution is 5.80. The number of fused-ring (bicyclic) bond motifs is 1. The molecular weight excluding hydrogens is 358 g/mol. The fourth-order valence-electron chi connectivity index (χ4n) is 4.01. The Morgan fingerprint density at radius 3 is 2.48 bits per heavy atom. The third-order valence-electron chi connectivity index (χ3n) is 6.11. The van der Waals surface area contributed by atoms with E-state index in [-0.39, 0.29) is 5.56 Å². The summed E-state index contributed by atoms with van der Waals surface area (Å²) in [5.74, 6) is 1.30. The summed E-state index contributed by atoms with van der Waals surface area (Å²) < 4.78 is 0. The van der Waals surface area contributed by atoms with Gasteiger partial charge in [-0.3, -0.25) is 4.79 Å². The van der Waals surface area contributed by atoms with Crippen molar-refractivity contribution in [1.82, 2.24) is 4.98 Å². The van der Waals surface area contributed by atoms with Crippen molar-refractivity contribution in [3.8, 4) is 0 Å². The highest BCUT2D eigenvalue weighted by Crippen LogP contribution is 2.25. The molecule has 3 aromatic rings. The average Bonchev–Trinajstić information content (AvgIpc) is 2.73. The normalized spacial score (nSPS) is 15.2. The summed E-state index contributed by atoms with van der Waals surface area (Å²) in [6, 6.07) is 16.9. The second kappa shape index (κ2) is 8.32. The number of nitrogens with one attached hydrogen (secondary N) is 2. The Labute approximate surface area is 173 Å². The Balaban J connectivity index is 1.46. The highest BCUT2D eigenvalue weighted by atomic mass is 16.1. The van der Waals surface area contributed by atoms with Crippen LogP contribution in [0, 0.1) is 5.92 Å². The average molecular weight is 390 g/mol. The first-order valence-corrected chi connectivity index (χ1v) is 10.7. The molecule has 0 bridgehead atoms. The molecule has 0 radical (unpaired) electrons. The number of aromatic nitrogens is 1. The van der Waals surface area contributed by atoms with E-state index in [0.29, 0.717) is 12.5 Å². The predicted molar refractivity (Wildman–Crippen MR) is 123 cm³/mol. The van der Waals surface area contributed by atoms with Crippen LogP contribution in [0.25, 0.3) is 10.9 Å². The minimum Gasteiger partial charge on any atom is -0.381 e. The number of hydrogen-bond donors (Lipinski definition) is 2. The molecule has 152 valence electrons. The third kappa shape index (κ3) is 4.47. The van der Waals surface area contributed by atoms with Gasteiger partial charge in [-0.2, -0.15) is 0 Å². The smallest absolute Gasteiger partial charge is 0.253 e. The van der Waals surface area contributed by atoms with E-state index in [0.717, 1.165) is 41.2 Å². The summed E-state index contributed by atoms with van der Waals surface area (Å²) >= 11 is 0. The molecule has 1 aliphatic rings. The molecule has 0 spiro atoms. The summed E-state index contributed by atoms with van der Waals surface area (Å²) in [6.45, 7) is 9.49. The molecule has 2 N–H and O–H groups in total. The van der Waals surface area contributed by atoms with Crippen LogP contribution < -0.4 is 15.8 Å². The summed E-state index contributed by atoms with van der Waals surface area (Å²) in [4.78, 5) is 17.9. The molecule has 1 saturated heterocycles. The van der Waals surface area contributed by atoms with Crippen molar-refractivity contribution in [2.45, 2.75) is 46.1 Å². The molecule has 0 unspecified atom stereocenters. The maximum absolute atomic E-state index is 12.5. The van der Waals surface area contributed by atoms with Crippen molar-refractivity contribution in [2.24, 2.45) is 5.92 Å². The molecule has 1 fully saturated rings. The van der Waals surface area contributed by atoms with Crippen LogP contribution in [-0.2, 0) is 6.54 Å². The number of pyridine rings is 1. The van der Waals surface area contributed by atoms with Crippen LogP contribution in [-0.4, -0.2) is 18.1 Å². The molecule has 0 aliphatic carbocycles. The van der Waals surface area contributed by atoms with Crippen LogP contribution in [0.1, 0.15) is 50.7 Å². The summed E-state index contributed by atoms with van der Waals surface area (Å²) in [7, 11) is 0. The van der Waals surface area contributed by atoms with E-state index in [1.165, 1.54) is 24.1 Å². The van der Waals surface area contributed by atoms with Crippen molar-refractivity contribution in [3.63, 3.8) is 0 Å². The van der Waals surface area contributed by atoms with Gasteiger partial charge in [-0.15, -0.1) is 0 Å². The number of piperidine rings is 1. The first-order valence-electron chi connectivity index (χ1n) is 10.7. The molecule has 1 aromatic heterocycles. The lowest BCUT2D eigenvalue weighted by Crippen LogP contribution is -2.32. The van der Waals surface area contributed by atoms with Gasteiger partial charge < -0.3 is 15.2 Å². The van der Waals surface area contributed by atoms with Gasteiger partial charge in [0.15, 0.2) is 0 Å². The number of nitrogens with zero attached hydrogens (tertiary/aromatic N) is 1. The highest BCUT2D eigenvalue weighted by Gasteiger charge is 2.15. The SMILES string of the molecule is CC1CCN(c2ccc(NCc3cc4cc(C(C)C)ccc4[nH]c3=O)cc2)CC1. The second-order valence-corrected chi connectivity index (χ2v) is 8.70. The zero-order valence-electron chi connectivity index (χ0n) is 17.7. The molecule has 2 heterocycles. The summed E-state index contributed by atoms with van der Waals surface area (Å²) in [5.41, 5.74) is 5.23. The van der Waals surface area contributed by atoms with E-state index < -0.39 is 0 Å². The van der Waals surface area contributed by atoms with Gasteiger partial charge in [-0.25, -0.2) is 0 Å². The lowest BCUT2D eigenvalue weighted by molar-refractivity contribution is 0.438. The standard InChI is InChI=1S/C25H31N3O/c1-17(2)19-4-9-24-20(14-19)15-21(25(29)27-24)16-26-22-5-7-23(8-6-22)28-12-10-18(3)11-13-28/h4-9,14-15,17-18,26H,10-13,16H2,1-3H3,(H,27,29). The molecule has 0 saturated carbocycles. The zero-order valence-corrected chi connectivity index (χ0v) is 17.7. The molecule has 1 aliphatic heterocycles. The Morgan fingerprint density at radius 1 is 1.07 bits per heavy atom. The van der Waals surface area contributed by atoms with Gasteiger partial charge in [-0.05, 0) is 78.1 Å². The molecule has 4 heteroatoms. The lowest BCUT2D eigenvalue weighted by atomic mass is 9.99. The van der Waals surface area contributed by atoms with Crippen LogP contribution in [0.3, 0.4) is 0 Å². The van der Waals surface area contributed by atoms with Crippen molar-refractivity contribution in [3.05, 3.63) is 70.0 Å². The van der Waals surface area contributed by atoms with E-state index >= 15 is 0 Å². The number of benzene rings is 2. The monoisotopic (exact) mass is 389 g/mol. The summed E-state index contributed by atoms with van der Waals surface area (Å²) in [6.07, 6.45) is 2.53. The van der Waals surface area contributed by atoms with Gasteiger partial charge in [0.1, 0.15) is 0 Å². The van der Waals surface area contributed by atoms with Crippen LogP contribution in [0.15, 0.2) is 53.3 Å². The minimum absolute atomic E-state index is 0.0265. The first-order chi connectivity index (χ1) is 14.0. The van der Waals surface area contributed by atoms with E-state index in [1.807, 2.05) is 12.1 Å². The quantitative estimate of drug-likeness (QED) is 0.606. The fourth-order valence-corrected chi connectivity index (χ4v) is 4.01. The van der Waals surface area contributed by atoms with E-state index in [2.05, 4.69) is 72.4 Å². The van der Waals surface area contributed by atoms with Gasteiger partial charge in [0.2, 0.25) is 0 Å². The van der Waals surface area contributed by atoms with Crippen molar-refractivity contribution >= 4 is 22.3 Å². The van der Waals surface area contributed by atoms with Crippen LogP contribution in [0.4, 0.5) is 11.4 Å². The number of aromatic amines is 1. The van der Waals surface area contributed by atoms with Crippen LogP contribution in [0.5, 0.6) is 0 Å². The van der Waals surface area contributed by atoms with Gasteiger partial charge in [-0.1, -0.05) is 26.8 Å². The third-order valence-corrected chi connectivity index (χ3v) is 6.11. The topological polar surface area (TPSA) is 48.1 Å². The fraction of sp³-hybridized carbons (Fsp3) is 0.400. The molecule has 4 rings (SSSR count). The largest absolute Gasteiger partial charge is 0.381 e. The number of hydrogen-bond acceptors (Lipinski definition) is 3. The molecule has 0 atom stereocenters.